The van der Waals surface area contributed by atoms with Crippen LogP contribution in [0.15, 0.2) is 47.3 Å². The van der Waals surface area contributed by atoms with E-state index in [-0.39, 0.29) is 5.82 Å². The molecule has 30 heavy (non-hydrogen) atoms. The average Bonchev–Trinajstić information content (AvgIpc) is 2.75. The molecule has 0 bridgehead atoms. The Balaban J connectivity index is 1.77. The monoisotopic (exact) mass is 417 g/mol. The van der Waals surface area contributed by atoms with Crippen LogP contribution in [0.25, 0.3) is 0 Å². The molecule has 1 aromatic carbocycles. The van der Waals surface area contributed by atoms with Crippen molar-refractivity contribution < 1.29 is 23.8 Å². The normalized spacial score (nSPS) is 23.5. The molecule has 0 saturated carbocycles. The smallest absolute Gasteiger partial charge is 0.335 e. The number of morpholine rings is 2. The van der Waals surface area contributed by atoms with E-state index in [1.165, 1.54) is 12.1 Å². The third-order valence-electron chi connectivity index (χ3n) is 5.82. The summed E-state index contributed by atoms with van der Waals surface area (Å²) in [6, 6.07) is 6.50. The Morgan fingerprint density at radius 3 is 2.43 bits per heavy atom. The van der Waals surface area contributed by atoms with Gasteiger partial charge in [-0.25, -0.2) is 9.18 Å². The van der Waals surface area contributed by atoms with Gasteiger partial charge in [-0.15, -0.1) is 0 Å². The van der Waals surface area contributed by atoms with Gasteiger partial charge in [0, 0.05) is 32.7 Å². The first-order valence-electron chi connectivity index (χ1n) is 10.4. The fourth-order valence-corrected chi connectivity index (χ4v) is 4.38. The van der Waals surface area contributed by atoms with Gasteiger partial charge in [0.25, 0.3) is 0 Å². The van der Waals surface area contributed by atoms with Gasteiger partial charge in [0.05, 0.1) is 32.0 Å². The van der Waals surface area contributed by atoms with Crippen LogP contribution in [0.4, 0.5) is 4.39 Å². The molecular weight excluding hydrogens is 389 g/mol. The summed E-state index contributed by atoms with van der Waals surface area (Å²) in [6.07, 6.45) is 1.50. The van der Waals surface area contributed by atoms with Crippen LogP contribution in [-0.2, 0) is 20.8 Å². The van der Waals surface area contributed by atoms with Crippen LogP contribution in [0.3, 0.4) is 0 Å². The second-order valence-corrected chi connectivity index (χ2v) is 7.78. The number of carbonyl (C=O) groups is 1. The highest BCUT2D eigenvalue weighted by Gasteiger charge is 2.39. The van der Waals surface area contributed by atoms with E-state index in [1.807, 2.05) is 19.1 Å². The van der Waals surface area contributed by atoms with Crippen molar-refractivity contribution in [1.82, 2.24) is 14.7 Å². The summed E-state index contributed by atoms with van der Waals surface area (Å²) in [4.78, 5) is 18.8. The van der Waals surface area contributed by atoms with Gasteiger partial charge < -0.3 is 24.4 Å². The highest BCUT2D eigenvalue weighted by Crippen LogP contribution is 2.33. The molecule has 162 valence electrons. The summed E-state index contributed by atoms with van der Waals surface area (Å²) >= 11 is 0. The first-order valence-corrected chi connectivity index (χ1v) is 10.4. The van der Waals surface area contributed by atoms with Crippen molar-refractivity contribution >= 4 is 5.97 Å². The molecule has 2 fully saturated rings. The number of ether oxygens (including phenoxy) is 2. The maximum Gasteiger partial charge on any atom is 0.335 e. The molecule has 7 nitrogen and oxygen atoms in total. The second kappa shape index (κ2) is 9.16. The molecule has 3 heterocycles. The van der Waals surface area contributed by atoms with E-state index in [0.717, 1.165) is 30.0 Å². The van der Waals surface area contributed by atoms with Crippen LogP contribution in [-0.4, -0.2) is 84.5 Å². The predicted octanol–water partition coefficient (Wildman–Crippen LogP) is 1.87. The highest BCUT2D eigenvalue weighted by molar-refractivity contribution is 5.90. The van der Waals surface area contributed by atoms with Crippen LogP contribution in [0.1, 0.15) is 12.5 Å². The molecule has 8 heteroatoms. The standard InChI is InChI=1S/C22H28FN3O4/c1-16-13-19(24-5-9-29-10-6-24)26(15-17-3-2-4-18(23)14-17)21(20(16)22(27)28)25-7-11-30-12-8-25/h2-4,13-14,21H,5-12,15H2,1H3,(H,27,28). The lowest BCUT2D eigenvalue weighted by Gasteiger charge is -2.49. The second-order valence-electron chi connectivity index (χ2n) is 7.78. The number of allylic oxidation sites excluding steroid dienone is 2. The third kappa shape index (κ3) is 4.35. The molecule has 2 saturated heterocycles. The molecule has 1 atom stereocenters. The van der Waals surface area contributed by atoms with E-state index in [2.05, 4.69) is 14.7 Å². The van der Waals surface area contributed by atoms with Crippen molar-refractivity contribution in [2.45, 2.75) is 19.6 Å². The quantitative estimate of drug-likeness (QED) is 0.785. The van der Waals surface area contributed by atoms with Gasteiger partial charge in [-0.2, -0.15) is 0 Å². The van der Waals surface area contributed by atoms with Crippen molar-refractivity contribution in [2.24, 2.45) is 0 Å². The third-order valence-corrected chi connectivity index (χ3v) is 5.82. The summed E-state index contributed by atoms with van der Waals surface area (Å²) in [5.41, 5.74) is 1.91. The Hall–Kier alpha value is -2.42. The molecule has 0 aromatic heterocycles. The zero-order valence-electron chi connectivity index (χ0n) is 17.2. The van der Waals surface area contributed by atoms with Gasteiger partial charge in [0.2, 0.25) is 0 Å². The van der Waals surface area contributed by atoms with Crippen LogP contribution < -0.4 is 0 Å². The fourth-order valence-electron chi connectivity index (χ4n) is 4.38. The van der Waals surface area contributed by atoms with Crippen LogP contribution in [0.2, 0.25) is 0 Å². The van der Waals surface area contributed by atoms with Crippen molar-refractivity contribution in [2.75, 3.05) is 52.6 Å². The topological polar surface area (TPSA) is 65.5 Å². The minimum atomic E-state index is -0.925. The summed E-state index contributed by atoms with van der Waals surface area (Å²) in [5, 5.41) is 10.1. The van der Waals surface area contributed by atoms with Crippen LogP contribution >= 0.6 is 0 Å². The highest BCUT2D eigenvalue weighted by atomic mass is 19.1. The van der Waals surface area contributed by atoms with Crippen LogP contribution in [0, 0.1) is 5.82 Å². The lowest BCUT2D eigenvalue weighted by atomic mass is 9.98. The Bertz CT molecular complexity index is 845. The SMILES string of the molecule is CC1=C(C(=O)O)C(N2CCOCC2)N(Cc2cccc(F)c2)C(N2CCOCC2)=C1. The molecule has 3 aliphatic rings. The molecule has 0 amide bonds. The van der Waals surface area contributed by atoms with Crippen molar-refractivity contribution in [3.05, 3.63) is 58.7 Å². The number of rotatable bonds is 5. The summed E-state index contributed by atoms with van der Waals surface area (Å²) in [6.45, 7) is 7.40. The van der Waals surface area contributed by atoms with Gasteiger partial charge in [0.1, 0.15) is 17.8 Å². The predicted molar refractivity (Wildman–Crippen MR) is 109 cm³/mol. The minimum absolute atomic E-state index is 0.297. The molecule has 0 spiro atoms. The Morgan fingerprint density at radius 2 is 1.80 bits per heavy atom. The van der Waals surface area contributed by atoms with Crippen LogP contribution in [0.5, 0.6) is 0 Å². The van der Waals surface area contributed by atoms with Gasteiger partial charge in [0.15, 0.2) is 0 Å². The van der Waals surface area contributed by atoms with Gasteiger partial charge >= 0.3 is 5.97 Å². The largest absolute Gasteiger partial charge is 0.478 e. The molecule has 1 aromatic rings. The Kier molecular flexibility index (Phi) is 6.36. The molecule has 0 radical (unpaired) electrons. The zero-order valence-corrected chi connectivity index (χ0v) is 17.2. The van der Waals surface area contributed by atoms with E-state index in [9.17, 15) is 14.3 Å². The van der Waals surface area contributed by atoms with Crippen molar-refractivity contribution in [1.29, 1.82) is 0 Å². The number of hydrogen-bond acceptors (Lipinski definition) is 6. The first-order chi connectivity index (χ1) is 14.5. The van der Waals surface area contributed by atoms with Gasteiger partial charge in [-0.05, 0) is 36.3 Å². The molecule has 3 aliphatic heterocycles. The van der Waals surface area contributed by atoms with E-state index >= 15 is 0 Å². The van der Waals surface area contributed by atoms with Gasteiger partial charge in [-0.3, -0.25) is 4.90 Å². The van der Waals surface area contributed by atoms with Crippen molar-refractivity contribution in [3.8, 4) is 0 Å². The zero-order chi connectivity index (χ0) is 21.1. The van der Waals surface area contributed by atoms with Gasteiger partial charge in [-0.1, -0.05) is 12.1 Å². The number of nitrogens with zero attached hydrogens (tertiary/aromatic N) is 3. The fraction of sp³-hybridized carbons (Fsp3) is 0.500. The molecule has 0 aliphatic carbocycles. The molecule has 1 unspecified atom stereocenters. The Morgan fingerprint density at radius 1 is 1.13 bits per heavy atom. The van der Waals surface area contributed by atoms with E-state index < -0.39 is 12.1 Å². The van der Waals surface area contributed by atoms with E-state index in [1.54, 1.807) is 6.07 Å². The van der Waals surface area contributed by atoms with E-state index in [0.29, 0.717) is 51.6 Å². The average molecular weight is 417 g/mol. The number of hydrogen-bond donors (Lipinski definition) is 1. The Labute approximate surface area is 176 Å². The number of benzene rings is 1. The first kappa shape index (κ1) is 20.8. The molecular formula is C22H28FN3O4. The summed E-state index contributed by atoms with van der Waals surface area (Å²) in [7, 11) is 0. The molecule has 1 N–H and O–H groups in total. The number of carboxylic acids is 1. The number of halogens is 1. The number of carboxylic acid groups (broad SMARTS) is 1. The summed E-state index contributed by atoms with van der Waals surface area (Å²) in [5.74, 6) is -0.262. The van der Waals surface area contributed by atoms with E-state index in [4.69, 9.17) is 9.47 Å². The van der Waals surface area contributed by atoms with Crippen molar-refractivity contribution in [3.63, 3.8) is 0 Å². The maximum atomic E-state index is 13.9. The lowest BCUT2D eigenvalue weighted by molar-refractivity contribution is -0.135. The number of aliphatic carboxylic acids is 1. The minimum Gasteiger partial charge on any atom is -0.478 e. The lowest BCUT2D eigenvalue weighted by Crippen LogP contribution is -2.57. The molecule has 4 rings (SSSR count). The summed E-state index contributed by atoms with van der Waals surface area (Å²) < 4.78 is 24.9. The maximum absolute atomic E-state index is 13.9.